The van der Waals surface area contributed by atoms with Crippen molar-refractivity contribution in [3.05, 3.63) is 41.8 Å². The van der Waals surface area contributed by atoms with Gasteiger partial charge < -0.3 is 40.7 Å². The number of amides is 4. The van der Waals surface area contributed by atoms with Crippen LogP contribution < -0.4 is 30.7 Å². The maximum absolute atomic E-state index is 14.6. The monoisotopic (exact) mass is 747 g/mol. The summed E-state index contributed by atoms with van der Waals surface area (Å²) in [5.74, 6) is -1.55. The van der Waals surface area contributed by atoms with Gasteiger partial charge in [-0.3, -0.25) is 9.59 Å². The average Bonchev–Trinajstić information content (AvgIpc) is 3.55. The lowest BCUT2D eigenvalue weighted by Gasteiger charge is -2.35. The smallest absolute Gasteiger partial charge is 0.330 e. The molecule has 1 aromatic carbocycles. The van der Waals surface area contributed by atoms with Crippen molar-refractivity contribution in [3.8, 4) is 22.9 Å². The number of hydrogen-bond acceptors (Lipinski definition) is 10. The summed E-state index contributed by atoms with van der Waals surface area (Å²) in [6, 6.07) is 3.01. The van der Waals surface area contributed by atoms with Crippen LogP contribution in [0.3, 0.4) is 0 Å². The van der Waals surface area contributed by atoms with Crippen LogP contribution in [0.2, 0.25) is 0 Å². The first-order chi connectivity index (χ1) is 25.2. The largest absolute Gasteiger partial charge is 0.496 e. The van der Waals surface area contributed by atoms with Crippen molar-refractivity contribution in [2.24, 2.45) is 11.3 Å². The SMILES string of the molecule is C=C[C@@H]1C[C@]1(NC(=O)[C@@H]1C[C@@H](Oc2cc(-c3csc(NC)n3)nc3c(C)c(OC)ccc23)CN1C(=O)[C@@H](NC(=O)NC1CCCC1)C(C)(C)C)C(=O)O. The third-order valence-electron chi connectivity index (χ3n) is 10.6. The van der Waals surface area contributed by atoms with E-state index in [2.05, 4.69) is 32.8 Å². The zero-order valence-electron chi connectivity index (χ0n) is 31.1. The van der Waals surface area contributed by atoms with Crippen LogP contribution in [-0.4, -0.2) is 94.3 Å². The number of methoxy groups -OCH3 is 1. The summed E-state index contributed by atoms with van der Waals surface area (Å²) in [6.07, 6.45) is 4.94. The summed E-state index contributed by atoms with van der Waals surface area (Å²) in [7, 11) is 3.39. The highest BCUT2D eigenvalue weighted by Crippen LogP contribution is 2.45. The minimum absolute atomic E-state index is 0.00920. The number of hydrogen-bond donors (Lipinski definition) is 5. The zero-order valence-corrected chi connectivity index (χ0v) is 31.9. The van der Waals surface area contributed by atoms with Gasteiger partial charge in [-0.1, -0.05) is 39.7 Å². The molecule has 3 heterocycles. The molecule has 3 aliphatic rings. The number of ether oxygens (including phenoxy) is 2. The average molecular weight is 748 g/mol. The lowest BCUT2D eigenvalue weighted by atomic mass is 9.85. The number of likely N-dealkylation sites (tertiary alicyclic amines) is 1. The lowest BCUT2D eigenvalue weighted by molar-refractivity contribution is -0.146. The fraction of sp³-hybridized carbons (Fsp3) is 0.526. The standard InChI is InChI=1S/C38H49N7O7S/c1-8-21-17-38(21,34(48)49)44-32(46)27-15-23(18-45(27)33(47)31(37(3,4)5)43-35(50)40-22-11-9-10-12-22)52-29-16-25(26-19-53-36(39-6)42-26)41-30-20(2)28(51-7)14-13-24(29)30/h8,13-14,16,19,21-23,27,31H,1,9-12,15,17-18H2,2-7H3,(H,39,42)(H,44,46)(H,48,49)(H2,40,43,50)/t21-,23-,27+,31-,38-/m1/s1. The molecule has 5 atom stereocenters. The fourth-order valence-corrected chi connectivity index (χ4v) is 8.12. The van der Waals surface area contributed by atoms with E-state index >= 15 is 0 Å². The Morgan fingerprint density at radius 1 is 1.13 bits per heavy atom. The first-order valence-corrected chi connectivity index (χ1v) is 18.9. The topological polar surface area (TPSA) is 184 Å². The molecule has 0 unspecified atom stereocenters. The number of rotatable bonds is 12. The van der Waals surface area contributed by atoms with E-state index in [1.165, 1.54) is 22.3 Å². The van der Waals surface area contributed by atoms with Crippen LogP contribution in [0.5, 0.6) is 11.5 Å². The number of aromatic nitrogens is 2. The predicted octanol–water partition coefficient (Wildman–Crippen LogP) is 4.87. The van der Waals surface area contributed by atoms with E-state index in [1.54, 1.807) is 20.2 Å². The van der Waals surface area contributed by atoms with Crippen molar-refractivity contribution in [2.45, 2.75) is 96.0 Å². The second-order valence-corrected chi connectivity index (χ2v) is 16.1. The van der Waals surface area contributed by atoms with Crippen LogP contribution in [0.1, 0.15) is 64.9 Å². The normalized spacial score (nSPS) is 23.3. The number of carbonyl (C=O) groups excluding carboxylic acids is 3. The fourth-order valence-electron chi connectivity index (χ4n) is 7.45. The van der Waals surface area contributed by atoms with Crippen LogP contribution in [0.15, 0.2) is 36.2 Å². The molecule has 2 saturated carbocycles. The Kier molecular flexibility index (Phi) is 10.6. The van der Waals surface area contributed by atoms with E-state index < -0.39 is 58.9 Å². The van der Waals surface area contributed by atoms with Gasteiger partial charge in [0.05, 0.1) is 24.9 Å². The van der Waals surface area contributed by atoms with Gasteiger partial charge in [0.2, 0.25) is 11.8 Å². The van der Waals surface area contributed by atoms with Crippen molar-refractivity contribution in [2.75, 3.05) is 26.0 Å². The van der Waals surface area contributed by atoms with Gasteiger partial charge in [-0.25, -0.2) is 19.6 Å². The van der Waals surface area contributed by atoms with E-state index in [0.29, 0.717) is 33.8 Å². The zero-order chi connectivity index (χ0) is 38.2. The Morgan fingerprint density at radius 3 is 2.47 bits per heavy atom. The number of nitrogens with zero attached hydrogens (tertiary/aromatic N) is 3. The quantitative estimate of drug-likeness (QED) is 0.160. The number of fused-ring (bicyclic) bond motifs is 1. The van der Waals surface area contributed by atoms with Crippen molar-refractivity contribution < 1.29 is 33.8 Å². The van der Waals surface area contributed by atoms with Crippen molar-refractivity contribution in [1.82, 2.24) is 30.8 Å². The van der Waals surface area contributed by atoms with Crippen LogP contribution in [-0.2, 0) is 14.4 Å². The second-order valence-electron chi connectivity index (χ2n) is 15.3. The number of nitrogens with one attached hydrogen (secondary N) is 4. The summed E-state index contributed by atoms with van der Waals surface area (Å²) in [6.45, 7) is 11.2. The molecular formula is C38H49N7O7S. The lowest BCUT2D eigenvalue weighted by Crippen LogP contribution is -2.60. The van der Waals surface area contributed by atoms with Crippen molar-refractivity contribution >= 4 is 51.2 Å². The van der Waals surface area contributed by atoms with Gasteiger partial charge in [0.1, 0.15) is 40.9 Å². The molecule has 15 heteroatoms. The first kappa shape index (κ1) is 37.8. The molecule has 2 aromatic heterocycles. The molecule has 53 heavy (non-hydrogen) atoms. The molecule has 0 spiro atoms. The van der Waals surface area contributed by atoms with Crippen LogP contribution in [0, 0.1) is 18.3 Å². The summed E-state index contributed by atoms with van der Waals surface area (Å²) in [5, 5.41) is 25.1. The molecule has 284 valence electrons. The summed E-state index contributed by atoms with van der Waals surface area (Å²) < 4.78 is 12.3. The molecule has 0 radical (unpaired) electrons. The van der Waals surface area contributed by atoms with Gasteiger partial charge >= 0.3 is 12.0 Å². The number of pyridine rings is 1. The highest BCUT2D eigenvalue weighted by atomic mass is 32.1. The Labute approximate surface area is 313 Å². The molecule has 1 saturated heterocycles. The van der Waals surface area contributed by atoms with E-state index in [-0.39, 0.29) is 25.4 Å². The summed E-state index contributed by atoms with van der Waals surface area (Å²) in [5.41, 5.74) is 0.430. The summed E-state index contributed by atoms with van der Waals surface area (Å²) in [4.78, 5) is 65.3. The minimum atomic E-state index is -1.50. The maximum atomic E-state index is 14.6. The molecule has 2 aliphatic carbocycles. The van der Waals surface area contributed by atoms with Crippen LogP contribution >= 0.6 is 11.3 Å². The van der Waals surface area contributed by atoms with E-state index in [1.807, 2.05) is 45.2 Å². The molecule has 14 nitrogen and oxygen atoms in total. The second kappa shape index (κ2) is 14.8. The molecule has 5 N–H and O–H groups in total. The minimum Gasteiger partial charge on any atom is -0.496 e. The van der Waals surface area contributed by atoms with E-state index in [4.69, 9.17) is 14.5 Å². The van der Waals surface area contributed by atoms with Gasteiger partial charge in [0, 0.05) is 47.8 Å². The Balaban J connectivity index is 1.34. The number of carbonyl (C=O) groups is 4. The van der Waals surface area contributed by atoms with Crippen molar-refractivity contribution in [1.29, 1.82) is 0 Å². The number of aliphatic carboxylic acids is 1. The third-order valence-corrected chi connectivity index (χ3v) is 11.5. The number of aryl methyl sites for hydroxylation is 1. The number of benzene rings is 1. The number of anilines is 1. The predicted molar refractivity (Wildman–Crippen MR) is 202 cm³/mol. The van der Waals surface area contributed by atoms with Gasteiger partial charge in [-0.05, 0) is 43.7 Å². The third kappa shape index (κ3) is 7.62. The molecular weight excluding hydrogens is 699 g/mol. The van der Waals surface area contributed by atoms with Crippen molar-refractivity contribution in [3.63, 3.8) is 0 Å². The maximum Gasteiger partial charge on any atom is 0.330 e. The van der Waals surface area contributed by atoms with Gasteiger partial charge in [-0.15, -0.1) is 17.9 Å². The summed E-state index contributed by atoms with van der Waals surface area (Å²) >= 11 is 1.44. The Morgan fingerprint density at radius 2 is 1.87 bits per heavy atom. The van der Waals surface area contributed by atoms with E-state index in [9.17, 15) is 24.3 Å². The number of carboxylic acid groups (broad SMARTS) is 1. The molecule has 4 amide bonds. The molecule has 1 aliphatic heterocycles. The molecule has 3 aromatic rings. The number of thiazole rings is 1. The van der Waals surface area contributed by atoms with E-state index in [0.717, 1.165) is 36.4 Å². The molecule has 6 rings (SSSR count). The highest BCUT2D eigenvalue weighted by molar-refractivity contribution is 7.14. The highest BCUT2D eigenvalue weighted by Gasteiger charge is 2.61. The van der Waals surface area contributed by atoms with Crippen LogP contribution in [0.25, 0.3) is 22.3 Å². The molecule has 0 bridgehead atoms. The Hall–Kier alpha value is -4.92. The first-order valence-electron chi connectivity index (χ1n) is 18.0. The molecule has 3 fully saturated rings. The van der Waals surface area contributed by atoms with Gasteiger partial charge in [0.25, 0.3) is 0 Å². The van der Waals surface area contributed by atoms with Gasteiger partial charge in [-0.2, -0.15) is 0 Å². The van der Waals surface area contributed by atoms with Crippen LogP contribution in [0.4, 0.5) is 9.93 Å². The number of carboxylic acids is 1. The Bertz CT molecular complexity index is 1920. The number of urea groups is 1. The van der Waals surface area contributed by atoms with Gasteiger partial charge in [0.15, 0.2) is 5.13 Å².